The van der Waals surface area contributed by atoms with E-state index in [0.717, 1.165) is 5.92 Å². The maximum Gasteiger partial charge on any atom is 0.166 e. The van der Waals surface area contributed by atoms with Crippen molar-refractivity contribution in [1.29, 1.82) is 0 Å². The maximum atomic E-state index is 2.35. The quantitative estimate of drug-likeness (QED) is 0.514. The lowest BCUT2D eigenvalue weighted by molar-refractivity contribution is 0.419. The zero-order valence-corrected chi connectivity index (χ0v) is 14.0. The second-order valence-corrected chi connectivity index (χ2v) is 8.16. The van der Waals surface area contributed by atoms with Crippen molar-refractivity contribution in [3.8, 4) is 0 Å². The molecule has 3 aromatic carbocycles. The third-order valence-corrected chi connectivity index (χ3v) is 6.88. The van der Waals surface area contributed by atoms with E-state index in [2.05, 4.69) is 84.9 Å². The van der Waals surface area contributed by atoms with E-state index >= 15 is 0 Å². The molecule has 0 unspecified atom stereocenters. The van der Waals surface area contributed by atoms with E-state index < -0.39 is 0 Å². The lowest BCUT2D eigenvalue weighted by Gasteiger charge is -2.25. The topological polar surface area (TPSA) is 0 Å². The van der Waals surface area contributed by atoms with E-state index in [4.69, 9.17) is 0 Å². The summed E-state index contributed by atoms with van der Waals surface area (Å²) in [4.78, 5) is 4.18. The van der Waals surface area contributed by atoms with Crippen molar-refractivity contribution in [2.45, 2.75) is 39.9 Å². The highest BCUT2D eigenvalue weighted by molar-refractivity contribution is 7.97. The molecule has 0 aromatic heterocycles. The lowest BCUT2D eigenvalue weighted by atomic mass is 9.80. The summed E-state index contributed by atoms with van der Waals surface area (Å²) in [5.41, 5.74) is 1.52. The summed E-state index contributed by atoms with van der Waals surface area (Å²) in [6, 6.07) is 31.1. The van der Waals surface area contributed by atoms with Crippen LogP contribution in [0, 0.1) is 0 Å². The van der Waals surface area contributed by atoms with Crippen LogP contribution in [0.2, 0.25) is 0 Å². The van der Waals surface area contributed by atoms with Gasteiger partial charge in [-0.1, -0.05) is 55.0 Å². The van der Waals surface area contributed by atoms with Gasteiger partial charge in [-0.2, -0.15) is 0 Å². The summed E-state index contributed by atoms with van der Waals surface area (Å²) in [6.07, 6.45) is 4.12. The Morgan fingerprint density at radius 2 is 1.04 bits per heavy atom. The van der Waals surface area contributed by atoms with Crippen LogP contribution in [0.3, 0.4) is 0 Å². The van der Waals surface area contributed by atoms with E-state index in [1.165, 1.54) is 39.5 Å². The Morgan fingerprint density at radius 1 is 0.565 bits per heavy atom. The van der Waals surface area contributed by atoms with Crippen LogP contribution in [-0.2, 0) is 10.9 Å². The minimum absolute atomic E-state index is 0.0201. The van der Waals surface area contributed by atoms with Crippen molar-refractivity contribution in [2.24, 2.45) is 0 Å². The van der Waals surface area contributed by atoms with Gasteiger partial charge in [-0.3, -0.25) is 0 Å². The monoisotopic (exact) mass is 317 g/mol. The van der Waals surface area contributed by atoms with Crippen LogP contribution in [0.5, 0.6) is 0 Å². The van der Waals surface area contributed by atoms with Gasteiger partial charge in [0.25, 0.3) is 0 Å². The SMILES string of the molecule is c1ccc([S+](c2ccccc2)c2ccc(C3CCC3)cc2)cc1. The summed E-state index contributed by atoms with van der Waals surface area (Å²) in [7, 11) is -0.0201. The lowest BCUT2D eigenvalue weighted by Crippen LogP contribution is -2.09. The zero-order valence-electron chi connectivity index (χ0n) is 13.2. The Bertz CT molecular complexity index is 703. The van der Waals surface area contributed by atoms with Crippen LogP contribution in [0.4, 0.5) is 0 Å². The molecule has 3 aromatic rings. The fraction of sp³-hybridized carbons (Fsp3) is 0.182. The summed E-state index contributed by atoms with van der Waals surface area (Å²) in [6.45, 7) is 0. The molecule has 114 valence electrons. The van der Waals surface area contributed by atoms with E-state index in [9.17, 15) is 0 Å². The number of hydrogen-bond acceptors (Lipinski definition) is 0. The van der Waals surface area contributed by atoms with Crippen LogP contribution >= 0.6 is 0 Å². The largest absolute Gasteiger partial charge is 0.166 e. The average molecular weight is 317 g/mol. The summed E-state index contributed by atoms with van der Waals surface area (Å²) < 4.78 is 0. The van der Waals surface area contributed by atoms with Gasteiger partial charge in [-0.25, -0.2) is 0 Å². The molecule has 1 aliphatic carbocycles. The first-order valence-electron chi connectivity index (χ1n) is 8.36. The fourth-order valence-corrected chi connectivity index (χ4v) is 5.22. The molecule has 0 nitrogen and oxygen atoms in total. The molecule has 1 heteroatoms. The van der Waals surface area contributed by atoms with Crippen molar-refractivity contribution < 1.29 is 0 Å². The number of rotatable bonds is 4. The van der Waals surface area contributed by atoms with E-state index in [0.29, 0.717) is 0 Å². The van der Waals surface area contributed by atoms with Crippen LogP contribution in [0.25, 0.3) is 0 Å². The normalized spacial score (nSPS) is 14.7. The maximum absolute atomic E-state index is 2.35. The number of hydrogen-bond donors (Lipinski definition) is 0. The van der Waals surface area contributed by atoms with Crippen LogP contribution in [0.15, 0.2) is 99.6 Å². The van der Waals surface area contributed by atoms with Gasteiger partial charge in [0.05, 0.1) is 10.9 Å². The first kappa shape index (κ1) is 14.6. The fourth-order valence-electron chi connectivity index (χ4n) is 3.14. The van der Waals surface area contributed by atoms with E-state index in [-0.39, 0.29) is 10.9 Å². The van der Waals surface area contributed by atoms with Crippen molar-refractivity contribution in [1.82, 2.24) is 0 Å². The third kappa shape index (κ3) is 3.07. The first-order valence-corrected chi connectivity index (χ1v) is 9.59. The highest BCUT2D eigenvalue weighted by Gasteiger charge is 2.28. The molecule has 0 spiro atoms. The van der Waals surface area contributed by atoms with E-state index in [1.54, 1.807) is 0 Å². The van der Waals surface area contributed by atoms with E-state index in [1.807, 2.05) is 0 Å². The van der Waals surface area contributed by atoms with Crippen LogP contribution < -0.4 is 0 Å². The van der Waals surface area contributed by atoms with Gasteiger partial charge in [0.2, 0.25) is 0 Å². The van der Waals surface area contributed by atoms with Crippen molar-refractivity contribution in [3.05, 3.63) is 90.5 Å². The van der Waals surface area contributed by atoms with Crippen molar-refractivity contribution in [3.63, 3.8) is 0 Å². The molecule has 1 aliphatic rings. The molecule has 0 bridgehead atoms. The zero-order chi connectivity index (χ0) is 15.5. The summed E-state index contributed by atoms with van der Waals surface area (Å²) in [5, 5.41) is 0. The van der Waals surface area contributed by atoms with Crippen LogP contribution in [0.1, 0.15) is 30.7 Å². The molecule has 4 rings (SSSR count). The van der Waals surface area contributed by atoms with Gasteiger partial charge in [-0.15, -0.1) is 0 Å². The standard InChI is InChI=1S/C22H21S/c1-3-10-20(11-4-1)23(21-12-5-2-6-13-21)22-16-14-19(15-17-22)18-8-7-9-18/h1-6,10-18H,7-9H2/q+1. The number of benzene rings is 3. The van der Waals surface area contributed by atoms with Gasteiger partial charge in [-0.05, 0) is 60.7 Å². The van der Waals surface area contributed by atoms with Crippen LogP contribution in [-0.4, -0.2) is 0 Å². The van der Waals surface area contributed by atoms with Gasteiger partial charge in [0.15, 0.2) is 14.7 Å². The first-order chi connectivity index (χ1) is 11.4. The molecule has 1 saturated carbocycles. The highest BCUT2D eigenvalue weighted by atomic mass is 32.2. The molecule has 0 saturated heterocycles. The van der Waals surface area contributed by atoms with Gasteiger partial charge in [0.1, 0.15) is 0 Å². The molecule has 0 atom stereocenters. The van der Waals surface area contributed by atoms with Crippen molar-refractivity contribution in [2.75, 3.05) is 0 Å². The molecular formula is C22H21S+. The molecule has 0 amide bonds. The molecule has 0 heterocycles. The highest BCUT2D eigenvalue weighted by Crippen LogP contribution is 2.37. The Kier molecular flexibility index (Phi) is 4.21. The minimum atomic E-state index is -0.0201. The smallest absolute Gasteiger partial charge is 0.0619 e. The predicted octanol–water partition coefficient (Wildman–Crippen LogP) is 6.05. The minimum Gasteiger partial charge on any atom is -0.0619 e. The molecular weight excluding hydrogens is 296 g/mol. The molecule has 1 fully saturated rings. The summed E-state index contributed by atoms with van der Waals surface area (Å²) >= 11 is 0. The Balaban J connectivity index is 1.73. The predicted molar refractivity (Wildman–Crippen MR) is 98.1 cm³/mol. The van der Waals surface area contributed by atoms with Crippen molar-refractivity contribution >= 4 is 10.9 Å². The molecule has 0 aliphatic heterocycles. The Hall–Kier alpha value is -1.99. The average Bonchev–Trinajstić information content (AvgIpc) is 2.57. The Labute approximate surface area is 141 Å². The molecule has 0 N–H and O–H groups in total. The van der Waals surface area contributed by atoms with Gasteiger partial charge >= 0.3 is 0 Å². The Morgan fingerprint density at radius 3 is 1.48 bits per heavy atom. The second-order valence-electron chi connectivity index (χ2n) is 6.13. The molecule has 23 heavy (non-hydrogen) atoms. The second kappa shape index (κ2) is 6.64. The molecule has 0 radical (unpaired) electrons. The van der Waals surface area contributed by atoms with Gasteiger partial charge in [0, 0.05) is 0 Å². The summed E-state index contributed by atoms with van der Waals surface area (Å²) in [5.74, 6) is 0.805. The van der Waals surface area contributed by atoms with Gasteiger partial charge < -0.3 is 0 Å². The third-order valence-electron chi connectivity index (χ3n) is 4.65.